The third kappa shape index (κ3) is 3.07. The summed E-state index contributed by atoms with van der Waals surface area (Å²) in [5, 5.41) is 2.86. The van der Waals surface area contributed by atoms with E-state index in [4.69, 9.17) is 10.2 Å². The van der Waals surface area contributed by atoms with Crippen LogP contribution in [0.15, 0.2) is 32.1 Å². The number of nitrogens with one attached hydrogen (secondary N) is 2. The van der Waals surface area contributed by atoms with Crippen molar-refractivity contribution >= 4 is 27.7 Å². The number of hydrogen-bond acceptors (Lipinski definition) is 4. The molecule has 7 nitrogen and oxygen atoms in total. The molecule has 120 valence electrons. The van der Waals surface area contributed by atoms with Crippen LogP contribution in [0.3, 0.4) is 0 Å². The zero-order valence-electron chi connectivity index (χ0n) is 12.0. The minimum atomic E-state index is -0.792. The van der Waals surface area contributed by atoms with Crippen molar-refractivity contribution in [3.05, 3.63) is 55.8 Å². The summed E-state index contributed by atoms with van der Waals surface area (Å²) in [5.41, 5.74) is 6.05. The highest BCUT2D eigenvalue weighted by atomic mass is 79.9. The van der Waals surface area contributed by atoms with Gasteiger partial charge in [0.2, 0.25) is 0 Å². The van der Waals surface area contributed by atoms with Gasteiger partial charge < -0.3 is 20.5 Å². The maximum absolute atomic E-state index is 12.2. The van der Waals surface area contributed by atoms with E-state index in [1.165, 1.54) is 6.07 Å². The number of halogens is 1. The number of amides is 2. The van der Waals surface area contributed by atoms with Crippen molar-refractivity contribution in [2.75, 3.05) is 0 Å². The summed E-state index contributed by atoms with van der Waals surface area (Å²) < 4.78 is 5.69. The van der Waals surface area contributed by atoms with E-state index < -0.39 is 11.5 Å². The minimum absolute atomic E-state index is 0.106. The number of H-pyrrole nitrogens is 1. The predicted molar refractivity (Wildman–Crippen MR) is 85.1 cm³/mol. The van der Waals surface area contributed by atoms with Gasteiger partial charge in [-0.3, -0.25) is 14.4 Å². The van der Waals surface area contributed by atoms with E-state index in [-0.39, 0.29) is 23.3 Å². The van der Waals surface area contributed by atoms with Gasteiger partial charge in [-0.2, -0.15) is 0 Å². The van der Waals surface area contributed by atoms with Crippen molar-refractivity contribution in [3.63, 3.8) is 0 Å². The zero-order valence-corrected chi connectivity index (χ0v) is 13.6. The minimum Gasteiger partial charge on any atom is -0.444 e. The molecular formula is C15H14BrN3O4. The van der Waals surface area contributed by atoms with Gasteiger partial charge >= 0.3 is 0 Å². The fraction of sp³-hybridized carbons (Fsp3) is 0.267. The fourth-order valence-corrected chi connectivity index (χ4v) is 3.05. The molecule has 4 N–H and O–H groups in total. The van der Waals surface area contributed by atoms with E-state index in [9.17, 15) is 14.4 Å². The molecule has 0 fully saturated rings. The Balaban J connectivity index is 1.91. The second-order valence-electron chi connectivity index (χ2n) is 5.33. The van der Waals surface area contributed by atoms with Gasteiger partial charge in [-0.25, -0.2) is 0 Å². The molecule has 1 aliphatic carbocycles. The van der Waals surface area contributed by atoms with Crippen LogP contribution in [0.4, 0.5) is 0 Å². The lowest BCUT2D eigenvalue weighted by Crippen LogP contribution is -2.34. The van der Waals surface area contributed by atoms with Gasteiger partial charge in [0.15, 0.2) is 10.4 Å². The van der Waals surface area contributed by atoms with Crippen molar-refractivity contribution in [2.24, 2.45) is 5.73 Å². The molecule has 1 aliphatic rings. The van der Waals surface area contributed by atoms with Crippen molar-refractivity contribution in [2.45, 2.75) is 25.3 Å². The van der Waals surface area contributed by atoms with Gasteiger partial charge in [0.05, 0.1) is 6.04 Å². The van der Waals surface area contributed by atoms with Crippen LogP contribution in [-0.4, -0.2) is 16.8 Å². The van der Waals surface area contributed by atoms with Crippen LogP contribution in [0.2, 0.25) is 0 Å². The Kier molecular flexibility index (Phi) is 4.08. The molecule has 1 atom stereocenters. The van der Waals surface area contributed by atoms with Gasteiger partial charge in [0, 0.05) is 5.69 Å². The number of pyridine rings is 1. The Hall–Kier alpha value is -2.35. The van der Waals surface area contributed by atoms with E-state index in [1.807, 2.05) is 0 Å². The number of carbonyl (C=O) groups is 2. The molecule has 2 aromatic rings. The van der Waals surface area contributed by atoms with Gasteiger partial charge in [0.1, 0.15) is 5.56 Å². The molecule has 0 aliphatic heterocycles. The van der Waals surface area contributed by atoms with Crippen molar-refractivity contribution < 1.29 is 14.0 Å². The van der Waals surface area contributed by atoms with Crippen LogP contribution < -0.4 is 16.6 Å². The SMILES string of the molecule is NC(=O)c1cc2c([nH]c1=O)CCCC2NC(=O)c1ccc(Br)o1. The number of aromatic nitrogens is 1. The van der Waals surface area contributed by atoms with E-state index in [2.05, 4.69) is 26.2 Å². The zero-order chi connectivity index (χ0) is 16.6. The van der Waals surface area contributed by atoms with E-state index in [0.717, 1.165) is 12.1 Å². The average Bonchev–Trinajstić information content (AvgIpc) is 2.93. The van der Waals surface area contributed by atoms with Gasteiger partial charge in [-0.05, 0) is 59.0 Å². The number of fused-ring (bicyclic) bond motifs is 1. The molecule has 2 heterocycles. The second kappa shape index (κ2) is 6.04. The van der Waals surface area contributed by atoms with Crippen molar-refractivity contribution in [1.82, 2.24) is 10.3 Å². The number of rotatable bonds is 3. The van der Waals surface area contributed by atoms with E-state index in [0.29, 0.717) is 23.1 Å². The molecular weight excluding hydrogens is 366 g/mol. The van der Waals surface area contributed by atoms with Crippen LogP contribution in [0, 0.1) is 0 Å². The molecule has 3 rings (SSSR count). The Morgan fingerprint density at radius 3 is 2.83 bits per heavy atom. The van der Waals surface area contributed by atoms with Crippen LogP contribution in [0.1, 0.15) is 51.1 Å². The van der Waals surface area contributed by atoms with Gasteiger partial charge in [0.25, 0.3) is 17.4 Å². The number of furan rings is 1. The van der Waals surface area contributed by atoms with Crippen LogP contribution in [0.25, 0.3) is 0 Å². The Morgan fingerprint density at radius 1 is 1.39 bits per heavy atom. The maximum Gasteiger partial charge on any atom is 0.287 e. The summed E-state index contributed by atoms with van der Waals surface area (Å²) in [5.74, 6) is -0.969. The predicted octanol–water partition coefficient (Wildman–Crippen LogP) is 1.64. The average molecular weight is 380 g/mol. The summed E-state index contributed by atoms with van der Waals surface area (Å²) in [7, 11) is 0. The first kappa shape index (κ1) is 15.5. The van der Waals surface area contributed by atoms with Crippen LogP contribution in [0.5, 0.6) is 0 Å². The summed E-state index contributed by atoms with van der Waals surface area (Å²) in [4.78, 5) is 38.1. The van der Waals surface area contributed by atoms with Crippen molar-refractivity contribution in [1.29, 1.82) is 0 Å². The first-order valence-electron chi connectivity index (χ1n) is 7.08. The molecule has 0 bridgehead atoms. The third-order valence-corrected chi connectivity index (χ3v) is 4.25. The molecule has 0 saturated carbocycles. The first-order valence-corrected chi connectivity index (χ1v) is 7.87. The summed E-state index contributed by atoms with van der Waals surface area (Å²) in [6.45, 7) is 0. The topological polar surface area (TPSA) is 118 Å². The van der Waals surface area contributed by atoms with Crippen LogP contribution in [-0.2, 0) is 6.42 Å². The number of nitrogens with two attached hydrogens (primary N) is 1. The summed E-state index contributed by atoms with van der Waals surface area (Å²) >= 11 is 3.15. The molecule has 2 aromatic heterocycles. The highest BCUT2D eigenvalue weighted by Crippen LogP contribution is 2.28. The van der Waals surface area contributed by atoms with Crippen LogP contribution >= 0.6 is 15.9 Å². The lowest BCUT2D eigenvalue weighted by molar-refractivity contribution is 0.0903. The summed E-state index contributed by atoms with van der Waals surface area (Å²) in [6, 6.07) is 4.35. The van der Waals surface area contributed by atoms with E-state index in [1.54, 1.807) is 12.1 Å². The highest BCUT2D eigenvalue weighted by molar-refractivity contribution is 9.10. The molecule has 8 heteroatoms. The molecule has 23 heavy (non-hydrogen) atoms. The number of aryl methyl sites for hydroxylation is 1. The van der Waals surface area contributed by atoms with E-state index >= 15 is 0 Å². The largest absolute Gasteiger partial charge is 0.444 e. The van der Waals surface area contributed by atoms with Gasteiger partial charge in [-0.1, -0.05) is 0 Å². The fourth-order valence-electron chi connectivity index (χ4n) is 2.74. The number of aromatic amines is 1. The highest BCUT2D eigenvalue weighted by Gasteiger charge is 2.26. The number of carbonyl (C=O) groups excluding carboxylic acids is 2. The molecule has 2 amide bonds. The third-order valence-electron chi connectivity index (χ3n) is 3.82. The first-order chi connectivity index (χ1) is 11.0. The maximum atomic E-state index is 12.2. The molecule has 0 aromatic carbocycles. The molecule has 0 saturated heterocycles. The molecule has 1 unspecified atom stereocenters. The normalized spacial score (nSPS) is 16.7. The second-order valence-corrected chi connectivity index (χ2v) is 6.11. The summed E-state index contributed by atoms with van der Waals surface area (Å²) in [6.07, 6.45) is 2.19. The Bertz CT molecular complexity index is 839. The number of hydrogen-bond donors (Lipinski definition) is 3. The molecule has 0 spiro atoms. The monoisotopic (exact) mass is 379 g/mol. The lowest BCUT2D eigenvalue weighted by atomic mass is 9.90. The standard InChI is InChI=1S/C15H14BrN3O4/c16-12-5-4-11(23-12)15(22)19-10-3-1-2-9-7(10)6-8(13(17)20)14(21)18-9/h4-6,10H,1-3H2,(H2,17,20)(H,18,21)(H,19,22). The quantitative estimate of drug-likeness (QED) is 0.750. The van der Waals surface area contributed by atoms with Gasteiger partial charge in [-0.15, -0.1) is 0 Å². The lowest BCUT2D eigenvalue weighted by Gasteiger charge is -2.26. The van der Waals surface area contributed by atoms with Crippen molar-refractivity contribution in [3.8, 4) is 0 Å². The number of primary amides is 1. The Labute approximate surface area is 139 Å². The smallest absolute Gasteiger partial charge is 0.287 e. The molecule has 0 radical (unpaired) electrons. The Morgan fingerprint density at radius 2 is 2.17 bits per heavy atom.